The zero-order valence-electron chi connectivity index (χ0n) is 10.8. The normalized spacial score (nSPS) is 14.0. The average Bonchev–Trinajstić information content (AvgIpc) is 2.38. The van der Waals surface area contributed by atoms with Gasteiger partial charge in [0.1, 0.15) is 0 Å². The third-order valence-corrected chi connectivity index (χ3v) is 3.65. The molecule has 3 rings (SSSR count). The lowest BCUT2D eigenvalue weighted by molar-refractivity contribution is 1.32. The molecule has 0 saturated carbocycles. The van der Waals surface area contributed by atoms with Crippen LogP contribution in [-0.2, 0) is 0 Å². The summed E-state index contributed by atoms with van der Waals surface area (Å²) < 4.78 is 0. The number of halogens is 1. The SMILES string of the molecule is C=C1CC(c2cccc(C)c2)=Nc2cccc(Cl)c21. The molecule has 1 aliphatic rings. The number of aryl methyl sites for hydroxylation is 1. The van der Waals surface area contributed by atoms with Crippen molar-refractivity contribution in [1.82, 2.24) is 0 Å². The molecule has 0 N–H and O–H groups in total. The maximum atomic E-state index is 6.23. The molecule has 0 unspecified atom stereocenters. The van der Waals surface area contributed by atoms with Crippen molar-refractivity contribution < 1.29 is 0 Å². The van der Waals surface area contributed by atoms with E-state index in [1.807, 2.05) is 18.2 Å². The van der Waals surface area contributed by atoms with E-state index < -0.39 is 0 Å². The lowest BCUT2D eigenvalue weighted by Gasteiger charge is -2.19. The molecule has 0 aliphatic carbocycles. The van der Waals surface area contributed by atoms with Crippen LogP contribution in [0.3, 0.4) is 0 Å². The number of fused-ring (bicyclic) bond motifs is 1. The highest BCUT2D eigenvalue weighted by Gasteiger charge is 2.18. The molecule has 0 radical (unpaired) electrons. The van der Waals surface area contributed by atoms with Gasteiger partial charge in [-0.05, 0) is 30.2 Å². The van der Waals surface area contributed by atoms with E-state index in [1.165, 1.54) is 5.56 Å². The van der Waals surface area contributed by atoms with Gasteiger partial charge in [0.25, 0.3) is 0 Å². The molecule has 94 valence electrons. The number of hydrogen-bond acceptors (Lipinski definition) is 1. The van der Waals surface area contributed by atoms with Crippen LogP contribution in [0.2, 0.25) is 5.02 Å². The van der Waals surface area contributed by atoms with Crippen LogP contribution in [0.5, 0.6) is 0 Å². The lowest BCUT2D eigenvalue weighted by Crippen LogP contribution is -2.07. The Hall–Kier alpha value is -1.86. The van der Waals surface area contributed by atoms with Crippen molar-refractivity contribution >= 4 is 28.6 Å². The van der Waals surface area contributed by atoms with Gasteiger partial charge < -0.3 is 0 Å². The van der Waals surface area contributed by atoms with Crippen LogP contribution < -0.4 is 0 Å². The molecule has 0 aromatic heterocycles. The molecule has 0 atom stereocenters. The Bertz CT molecular complexity index is 698. The summed E-state index contributed by atoms with van der Waals surface area (Å²) in [5.74, 6) is 0. The Morgan fingerprint density at radius 3 is 2.74 bits per heavy atom. The molecule has 2 heteroatoms. The minimum Gasteiger partial charge on any atom is -0.252 e. The van der Waals surface area contributed by atoms with E-state index in [0.29, 0.717) is 0 Å². The topological polar surface area (TPSA) is 12.4 Å². The quantitative estimate of drug-likeness (QED) is 0.675. The fourth-order valence-corrected chi connectivity index (χ4v) is 2.73. The van der Waals surface area contributed by atoms with E-state index in [9.17, 15) is 0 Å². The molecule has 0 spiro atoms. The molecule has 1 aliphatic heterocycles. The number of hydrogen-bond donors (Lipinski definition) is 0. The predicted octanol–water partition coefficient (Wildman–Crippen LogP) is 5.19. The third-order valence-electron chi connectivity index (χ3n) is 3.33. The largest absolute Gasteiger partial charge is 0.252 e. The summed E-state index contributed by atoms with van der Waals surface area (Å²) in [7, 11) is 0. The van der Waals surface area contributed by atoms with Crippen LogP contribution in [0.15, 0.2) is 54.0 Å². The fourth-order valence-electron chi connectivity index (χ4n) is 2.42. The van der Waals surface area contributed by atoms with Crippen molar-refractivity contribution in [2.24, 2.45) is 4.99 Å². The highest BCUT2D eigenvalue weighted by Crippen LogP contribution is 2.38. The minimum atomic E-state index is 0.731. The molecule has 2 aromatic carbocycles. The van der Waals surface area contributed by atoms with Gasteiger partial charge in [0, 0.05) is 12.0 Å². The van der Waals surface area contributed by atoms with Crippen molar-refractivity contribution in [2.45, 2.75) is 13.3 Å². The molecule has 19 heavy (non-hydrogen) atoms. The van der Waals surface area contributed by atoms with Gasteiger partial charge in [-0.3, -0.25) is 4.99 Å². The molecular formula is C17H14ClN. The zero-order chi connectivity index (χ0) is 13.4. The Morgan fingerprint density at radius 2 is 1.95 bits per heavy atom. The second-order valence-corrected chi connectivity index (χ2v) is 5.25. The molecule has 1 heterocycles. The van der Waals surface area contributed by atoms with Crippen molar-refractivity contribution in [1.29, 1.82) is 0 Å². The van der Waals surface area contributed by atoms with E-state index in [-0.39, 0.29) is 0 Å². The molecule has 0 fully saturated rings. The van der Waals surface area contributed by atoms with Gasteiger partial charge in [-0.25, -0.2) is 0 Å². The number of benzene rings is 2. The van der Waals surface area contributed by atoms with Crippen LogP contribution in [-0.4, -0.2) is 5.71 Å². The first-order valence-electron chi connectivity index (χ1n) is 6.26. The van der Waals surface area contributed by atoms with Gasteiger partial charge in [0.15, 0.2) is 0 Å². The van der Waals surface area contributed by atoms with Gasteiger partial charge >= 0.3 is 0 Å². The van der Waals surface area contributed by atoms with E-state index in [1.54, 1.807) is 0 Å². The first-order chi connectivity index (χ1) is 9.15. The zero-order valence-corrected chi connectivity index (χ0v) is 11.5. The van der Waals surface area contributed by atoms with Crippen molar-refractivity contribution in [2.75, 3.05) is 0 Å². The molecule has 1 nitrogen and oxygen atoms in total. The van der Waals surface area contributed by atoms with Crippen LogP contribution >= 0.6 is 11.6 Å². The van der Waals surface area contributed by atoms with E-state index in [0.717, 1.165) is 39.5 Å². The maximum Gasteiger partial charge on any atom is 0.0723 e. The Balaban J connectivity index is 2.14. The van der Waals surface area contributed by atoms with Crippen molar-refractivity contribution in [3.05, 3.63) is 70.8 Å². The van der Waals surface area contributed by atoms with Gasteiger partial charge in [-0.1, -0.05) is 54.1 Å². The number of rotatable bonds is 1. The van der Waals surface area contributed by atoms with E-state index in [4.69, 9.17) is 16.6 Å². The van der Waals surface area contributed by atoms with Crippen LogP contribution in [0, 0.1) is 6.92 Å². The van der Waals surface area contributed by atoms with Crippen molar-refractivity contribution in [3.63, 3.8) is 0 Å². The summed E-state index contributed by atoms with van der Waals surface area (Å²) in [5.41, 5.74) is 6.39. The minimum absolute atomic E-state index is 0.731. The first kappa shape index (κ1) is 12.2. The van der Waals surface area contributed by atoms with Crippen LogP contribution in [0.1, 0.15) is 23.1 Å². The first-order valence-corrected chi connectivity index (χ1v) is 6.64. The number of allylic oxidation sites excluding steroid dienone is 1. The summed E-state index contributed by atoms with van der Waals surface area (Å²) in [6, 6.07) is 14.2. The monoisotopic (exact) mass is 267 g/mol. The molecule has 0 amide bonds. The molecule has 0 bridgehead atoms. The van der Waals surface area contributed by atoms with Gasteiger partial charge in [-0.15, -0.1) is 0 Å². The Labute approximate surface area is 118 Å². The Kier molecular flexibility index (Phi) is 3.00. The molecule has 2 aromatic rings. The summed E-state index contributed by atoms with van der Waals surface area (Å²) in [6.07, 6.45) is 0.750. The summed E-state index contributed by atoms with van der Waals surface area (Å²) in [5, 5.41) is 0.731. The van der Waals surface area contributed by atoms with E-state index >= 15 is 0 Å². The van der Waals surface area contributed by atoms with E-state index in [2.05, 4.69) is 37.8 Å². The van der Waals surface area contributed by atoms with Crippen LogP contribution in [0.4, 0.5) is 5.69 Å². The third kappa shape index (κ3) is 2.22. The summed E-state index contributed by atoms with van der Waals surface area (Å²) in [4.78, 5) is 4.74. The lowest BCUT2D eigenvalue weighted by atomic mass is 9.93. The van der Waals surface area contributed by atoms with Gasteiger partial charge in [0.2, 0.25) is 0 Å². The molecule has 0 saturated heterocycles. The fraction of sp³-hybridized carbons (Fsp3) is 0.118. The number of nitrogens with zero attached hydrogens (tertiary/aromatic N) is 1. The second kappa shape index (κ2) is 4.67. The number of aliphatic imine (C=N–C) groups is 1. The summed E-state index contributed by atoms with van der Waals surface area (Å²) in [6.45, 7) is 6.24. The smallest absolute Gasteiger partial charge is 0.0723 e. The average molecular weight is 268 g/mol. The van der Waals surface area contributed by atoms with Gasteiger partial charge in [-0.2, -0.15) is 0 Å². The van der Waals surface area contributed by atoms with Crippen molar-refractivity contribution in [3.8, 4) is 0 Å². The highest BCUT2D eigenvalue weighted by atomic mass is 35.5. The highest BCUT2D eigenvalue weighted by molar-refractivity contribution is 6.33. The summed E-state index contributed by atoms with van der Waals surface area (Å²) >= 11 is 6.23. The maximum absolute atomic E-state index is 6.23. The standard InChI is InChI=1S/C17H14ClN/c1-11-5-3-6-13(9-11)16-10-12(2)17-14(18)7-4-8-15(17)19-16/h3-9H,2,10H2,1H3. The molecular weight excluding hydrogens is 254 g/mol. The van der Waals surface area contributed by atoms with Gasteiger partial charge in [0.05, 0.1) is 16.4 Å². The van der Waals surface area contributed by atoms with Crippen LogP contribution in [0.25, 0.3) is 5.57 Å². The second-order valence-electron chi connectivity index (χ2n) is 4.84. The Morgan fingerprint density at radius 1 is 1.16 bits per heavy atom. The predicted molar refractivity (Wildman–Crippen MR) is 82.5 cm³/mol.